The summed E-state index contributed by atoms with van der Waals surface area (Å²) in [4.78, 5) is 39.0. The van der Waals surface area contributed by atoms with Crippen LogP contribution in [0.25, 0.3) is 0 Å². The summed E-state index contributed by atoms with van der Waals surface area (Å²) in [6, 6.07) is 4.25. The first-order valence-electron chi connectivity index (χ1n) is 8.27. The molecule has 9 heteroatoms. The molecule has 1 atom stereocenters. The van der Waals surface area contributed by atoms with E-state index in [4.69, 9.17) is 4.74 Å². The van der Waals surface area contributed by atoms with Crippen LogP contribution in [0, 0.1) is 5.82 Å². The number of amides is 3. The molecule has 0 saturated heterocycles. The number of likely N-dealkylation sites (N-methyl/N-ethyl adjacent to an activating group) is 1. The van der Waals surface area contributed by atoms with Gasteiger partial charge in [0.25, 0.3) is 0 Å². The van der Waals surface area contributed by atoms with Crippen molar-refractivity contribution in [3.63, 3.8) is 0 Å². The quantitative estimate of drug-likeness (QED) is 0.674. The number of halogens is 1. The third-order valence-corrected chi connectivity index (χ3v) is 4.29. The van der Waals surface area contributed by atoms with Crippen LogP contribution in [0.4, 0.5) is 4.39 Å². The average Bonchev–Trinajstić information content (AvgIpc) is 2.63. The summed E-state index contributed by atoms with van der Waals surface area (Å²) < 4.78 is 19.1. The maximum Gasteiger partial charge on any atom is 0.248 e. The van der Waals surface area contributed by atoms with Gasteiger partial charge in [0.15, 0.2) is 0 Å². The van der Waals surface area contributed by atoms with E-state index in [1.54, 1.807) is 6.07 Å². The van der Waals surface area contributed by atoms with E-state index in [9.17, 15) is 23.9 Å². The first kappa shape index (κ1) is 22.4. The van der Waals surface area contributed by atoms with Gasteiger partial charge >= 0.3 is 0 Å². The van der Waals surface area contributed by atoms with Gasteiger partial charge in [0, 0.05) is 34.6 Å². The molecule has 0 aliphatic carbocycles. The second-order valence-corrected chi connectivity index (χ2v) is 6.43. The average molecular weight is 385 g/mol. The summed E-state index contributed by atoms with van der Waals surface area (Å²) in [7, 11) is 4.41. The summed E-state index contributed by atoms with van der Waals surface area (Å²) in [5.41, 5.74) is -1.57. The molecule has 3 amide bonds. The monoisotopic (exact) mass is 385 g/mol. The number of aliphatic hydroxyl groups is 1. The highest BCUT2D eigenvalue weighted by Gasteiger charge is 2.41. The van der Waals surface area contributed by atoms with Gasteiger partial charge < -0.3 is 25.0 Å². The molecule has 0 aromatic heterocycles. The lowest BCUT2D eigenvalue weighted by Gasteiger charge is -2.38. The van der Waals surface area contributed by atoms with Crippen LogP contribution in [0.3, 0.4) is 0 Å². The van der Waals surface area contributed by atoms with Crippen molar-refractivity contribution < 1.29 is 30.0 Å². The Morgan fingerprint density at radius 1 is 1.33 bits per heavy atom. The summed E-state index contributed by atoms with van der Waals surface area (Å²) in [6.45, 7) is 1.23. The van der Waals surface area contributed by atoms with Gasteiger partial charge in [-0.15, -0.1) is 0 Å². The molecule has 0 bridgehead atoms. The molecule has 2 N–H and O–H groups in total. The van der Waals surface area contributed by atoms with Crippen LogP contribution >= 0.6 is 0 Å². The number of benzene rings is 1. The molecule has 0 spiro atoms. The Hall–Kier alpha value is -2.68. The highest BCUT2D eigenvalue weighted by Crippen LogP contribution is 2.22. The Balaban J connectivity index is 0.00000729. The van der Waals surface area contributed by atoms with Crippen molar-refractivity contribution in [1.82, 2.24) is 15.1 Å². The molecule has 1 rings (SSSR count). The molecule has 1 aromatic rings. The Bertz CT molecular complexity index is 716. The van der Waals surface area contributed by atoms with Crippen LogP contribution in [0.15, 0.2) is 18.2 Å². The highest BCUT2D eigenvalue weighted by molar-refractivity contribution is 5.93. The van der Waals surface area contributed by atoms with Crippen molar-refractivity contribution >= 4 is 17.7 Å². The first-order chi connectivity index (χ1) is 12.6. The van der Waals surface area contributed by atoms with Crippen LogP contribution in [0.1, 0.15) is 20.8 Å². The number of ether oxygens (including phenoxy) is 1. The molecule has 0 fully saturated rings. The zero-order valence-electron chi connectivity index (χ0n) is 16.2. The summed E-state index contributed by atoms with van der Waals surface area (Å²) >= 11 is 0. The molecule has 1 aromatic carbocycles. The second kappa shape index (κ2) is 9.31. The molecular weight excluding hydrogens is 357 g/mol. The van der Waals surface area contributed by atoms with Gasteiger partial charge in [-0.1, -0.05) is 6.07 Å². The maximum absolute atomic E-state index is 14.0. The summed E-state index contributed by atoms with van der Waals surface area (Å²) in [6.07, 6.45) is 0. The Labute approximate surface area is 159 Å². The van der Waals surface area contributed by atoms with Gasteiger partial charge in [0.1, 0.15) is 23.7 Å². The standard InChI is InChI=1S/C18H26FN3O5.H2/c1-12(24)22(10-16(25)21(3)4)18(2,11-23)17(26)20-9-13-14(19)7-6-8-15(13)27-5;/h6-8,23H,9-11H2,1-5H3,(H,20,26);1H. The minimum Gasteiger partial charge on any atom is -0.496 e. The number of methoxy groups -OCH3 is 1. The molecular formula is C18H28FN3O5. The molecule has 0 heterocycles. The van der Waals surface area contributed by atoms with Crippen molar-refractivity contribution in [2.24, 2.45) is 0 Å². The molecule has 0 aliphatic rings. The van der Waals surface area contributed by atoms with Gasteiger partial charge in [-0.2, -0.15) is 0 Å². The van der Waals surface area contributed by atoms with Crippen molar-refractivity contribution in [3.8, 4) is 5.75 Å². The van der Waals surface area contributed by atoms with Gasteiger partial charge in [0.2, 0.25) is 17.7 Å². The molecule has 27 heavy (non-hydrogen) atoms. The van der Waals surface area contributed by atoms with Crippen LogP contribution < -0.4 is 10.1 Å². The Kier molecular flexibility index (Phi) is 7.71. The van der Waals surface area contributed by atoms with Crippen molar-refractivity contribution in [2.45, 2.75) is 25.9 Å². The number of carbonyl (C=O) groups is 3. The van der Waals surface area contributed by atoms with E-state index in [-0.39, 0.29) is 25.8 Å². The van der Waals surface area contributed by atoms with E-state index in [0.717, 1.165) is 4.90 Å². The van der Waals surface area contributed by atoms with E-state index in [2.05, 4.69) is 5.32 Å². The predicted molar refractivity (Wildman–Crippen MR) is 98.5 cm³/mol. The number of nitrogens with one attached hydrogen (secondary N) is 1. The topological polar surface area (TPSA) is 99.2 Å². The van der Waals surface area contributed by atoms with Crippen molar-refractivity contribution in [1.29, 1.82) is 0 Å². The lowest BCUT2D eigenvalue weighted by Crippen LogP contribution is -2.62. The molecule has 8 nitrogen and oxygen atoms in total. The van der Waals surface area contributed by atoms with Gasteiger partial charge in [-0.25, -0.2) is 4.39 Å². The van der Waals surface area contributed by atoms with Crippen LogP contribution in [0.2, 0.25) is 0 Å². The minimum atomic E-state index is -1.70. The fourth-order valence-electron chi connectivity index (χ4n) is 2.45. The Morgan fingerprint density at radius 2 is 1.96 bits per heavy atom. The lowest BCUT2D eigenvalue weighted by molar-refractivity contribution is -0.152. The fraction of sp³-hybridized carbons (Fsp3) is 0.500. The number of carbonyl (C=O) groups excluding carboxylic acids is 3. The predicted octanol–water partition coefficient (Wildman–Crippen LogP) is 0.384. The SMILES string of the molecule is COc1cccc(F)c1CNC(=O)C(C)(CO)N(CC(=O)N(C)C)C(C)=O.[HH]. The smallest absolute Gasteiger partial charge is 0.248 e. The molecule has 0 radical (unpaired) electrons. The van der Waals surface area contributed by atoms with E-state index < -0.39 is 35.7 Å². The van der Waals surface area contributed by atoms with E-state index in [0.29, 0.717) is 0 Å². The summed E-state index contributed by atoms with van der Waals surface area (Å²) in [5.74, 6) is -2.00. The Morgan fingerprint density at radius 3 is 2.44 bits per heavy atom. The number of hydrogen-bond acceptors (Lipinski definition) is 5. The second-order valence-electron chi connectivity index (χ2n) is 6.43. The number of hydrogen-bond donors (Lipinski definition) is 2. The number of rotatable bonds is 8. The van der Waals surface area contributed by atoms with Gasteiger partial charge in [-0.05, 0) is 19.1 Å². The van der Waals surface area contributed by atoms with E-state index in [1.807, 2.05) is 0 Å². The largest absolute Gasteiger partial charge is 0.496 e. The fourth-order valence-corrected chi connectivity index (χ4v) is 2.45. The lowest BCUT2D eigenvalue weighted by atomic mass is 9.98. The molecule has 0 aliphatic heterocycles. The number of nitrogens with zero attached hydrogens (tertiary/aromatic N) is 2. The maximum atomic E-state index is 14.0. The molecule has 0 saturated carbocycles. The highest BCUT2D eigenvalue weighted by atomic mass is 19.1. The zero-order chi connectivity index (χ0) is 20.8. The van der Waals surface area contributed by atoms with Crippen LogP contribution in [-0.2, 0) is 20.9 Å². The zero-order valence-corrected chi connectivity index (χ0v) is 16.2. The van der Waals surface area contributed by atoms with Gasteiger partial charge in [0.05, 0.1) is 13.7 Å². The first-order valence-corrected chi connectivity index (χ1v) is 8.27. The van der Waals surface area contributed by atoms with Crippen LogP contribution in [0.5, 0.6) is 5.75 Å². The number of aliphatic hydroxyl groups excluding tert-OH is 1. The normalized spacial score (nSPS) is 12.7. The molecule has 152 valence electrons. The minimum absolute atomic E-state index is 0. The molecule has 1 unspecified atom stereocenters. The van der Waals surface area contributed by atoms with E-state index >= 15 is 0 Å². The van der Waals surface area contributed by atoms with E-state index in [1.165, 1.54) is 52.1 Å². The van der Waals surface area contributed by atoms with Crippen LogP contribution in [-0.4, -0.2) is 72.5 Å². The van der Waals surface area contributed by atoms with Gasteiger partial charge in [-0.3, -0.25) is 14.4 Å². The third-order valence-electron chi connectivity index (χ3n) is 4.29. The summed E-state index contributed by atoms with van der Waals surface area (Å²) in [5, 5.41) is 12.3. The van der Waals surface area contributed by atoms with Crippen molar-refractivity contribution in [2.75, 3.05) is 34.4 Å². The van der Waals surface area contributed by atoms with Crippen molar-refractivity contribution in [3.05, 3.63) is 29.6 Å². The third kappa shape index (κ3) is 5.16.